The van der Waals surface area contributed by atoms with Gasteiger partial charge in [0.05, 0.1) is 0 Å². The van der Waals surface area contributed by atoms with Gasteiger partial charge in [-0.1, -0.05) is 36.4 Å². The predicted molar refractivity (Wildman–Crippen MR) is 69.5 cm³/mol. The van der Waals surface area contributed by atoms with Crippen molar-refractivity contribution in [1.29, 1.82) is 0 Å². The van der Waals surface area contributed by atoms with E-state index in [0.29, 0.717) is 11.7 Å². The molecule has 0 radical (unpaired) electrons. The molecule has 0 aliphatic heterocycles. The maximum absolute atomic E-state index is 11.5. The summed E-state index contributed by atoms with van der Waals surface area (Å²) in [5.41, 5.74) is 3.93. The molecule has 0 aromatic heterocycles. The number of fused-ring (bicyclic) bond motifs is 1. The lowest BCUT2D eigenvalue weighted by molar-refractivity contribution is -0.115. The van der Waals surface area contributed by atoms with Crippen molar-refractivity contribution in [2.24, 2.45) is 5.92 Å². The van der Waals surface area contributed by atoms with Gasteiger partial charge in [-0.3, -0.25) is 4.79 Å². The van der Waals surface area contributed by atoms with Gasteiger partial charge in [-0.2, -0.15) is 0 Å². The minimum Gasteiger partial charge on any atom is -0.295 e. The third-order valence-electron chi connectivity index (χ3n) is 3.79. The minimum absolute atomic E-state index is 0.293. The average molecular weight is 224 g/mol. The Bertz CT molecular complexity index is 494. The molecule has 1 aromatic carbocycles. The van der Waals surface area contributed by atoms with E-state index in [9.17, 15) is 4.79 Å². The molecule has 2 aliphatic rings. The fourth-order valence-corrected chi connectivity index (χ4v) is 2.81. The van der Waals surface area contributed by atoms with Crippen LogP contribution in [0.5, 0.6) is 0 Å². The SMILES string of the molecule is O=C1C=C2C=C(c3ccccc3)CCC2CC1. The zero-order valence-electron chi connectivity index (χ0n) is 9.86. The van der Waals surface area contributed by atoms with E-state index < -0.39 is 0 Å². The molecule has 1 atom stereocenters. The Morgan fingerprint density at radius 2 is 1.71 bits per heavy atom. The van der Waals surface area contributed by atoms with Crippen molar-refractivity contribution in [3.8, 4) is 0 Å². The molecule has 2 aliphatic carbocycles. The summed E-state index contributed by atoms with van der Waals surface area (Å²) in [5.74, 6) is 0.918. The lowest BCUT2D eigenvalue weighted by Gasteiger charge is -2.27. The lowest BCUT2D eigenvalue weighted by Crippen LogP contribution is -2.16. The summed E-state index contributed by atoms with van der Waals surface area (Å²) >= 11 is 0. The van der Waals surface area contributed by atoms with Crippen LogP contribution in [0.1, 0.15) is 31.2 Å². The fourth-order valence-electron chi connectivity index (χ4n) is 2.81. The summed E-state index contributed by atoms with van der Waals surface area (Å²) < 4.78 is 0. The molecule has 0 spiro atoms. The monoisotopic (exact) mass is 224 g/mol. The molecule has 0 N–H and O–H groups in total. The minimum atomic E-state index is 0.293. The second-order valence-electron chi connectivity index (χ2n) is 4.92. The summed E-state index contributed by atoms with van der Waals surface area (Å²) in [6, 6.07) is 10.5. The van der Waals surface area contributed by atoms with Gasteiger partial charge >= 0.3 is 0 Å². The molecule has 1 nitrogen and oxygen atoms in total. The van der Waals surface area contributed by atoms with Crippen molar-refractivity contribution in [2.75, 3.05) is 0 Å². The third kappa shape index (κ3) is 2.10. The Hall–Kier alpha value is -1.63. The maximum Gasteiger partial charge on any atom is 0.155 e. The number of ketones is 1. The third-order valence-corrected chi connectivity index (χ3v) is 3.79. The normalized spacial score (nSPS) is 23.8. The zero-order valence-corrected chi connectivity index (χ0v) is 9.86. The fraction of sp³-hybridized carbons (Fsp3) is 0.312. The summed E-state index contributed by atoms with van der Waals surface area (Å²) in [4.78, 5) is 11.5. The first-order chi connectivity index (χ1) is 8.33. The molecular weight excluding hydrogens is 208 g/mol. The standard InChI is InChI=1S/C16H16O/c17-16-9-8-13-6-7-14(10-15(13)11-16)12-4-2-1-3-5-12/h1-5,10-11,13H,6-9H2. The highest BCUT2D eigenvalue weighted by Crippen LogP contribution is 2.37. The van der Waals surface area contributed by atoms with Crippen LogP contribution in [0.3, 0.4) is 0 Å². The van der Waals surface area contributed by atoms with E-state index in [4.69, 9.17) is 0 Å². The van der Waals surface area contributed by atoms with E-state index in [1.807, 2.05) is 12.1 Å². The summed E-state index contributed by atoms with van der Waals surface area (Å²) in [6.45, 7) is 0. The Labute approximate surface area is 102 Å². The number of hydrogen-bond donors (Lipinski definition) is 0. The van der Waals surface area contributed by atoms with E-state index in [-0.39, 0.29) is 0 Å². The quantitative estimate of drug-likeness (QED) is 0.709. The molecule has 1 heteroatoms. The number of allylic oxidation sites excluding steroid dienone is 4. The molecule has 3 rings (SSSR count). The van der Waals surface area contributed by atoms with Crippen LogP contribution in [0, 0.1) is 5.92 Å². The van der Waals surface area contributed by atoms with Crippen LogP contribution in [0.15, 0.2) is 48.1 Å². The van der Waals surface area contributed by atoms with Crippen LogP contribution < -0.4 is 0 Å². The number of carbonyl (C=O) groups is 1. The Morgan fingerprint density at radius 3 is 2.53 bits per heavy atom. The number of carbonyl (C=O) groups excluding carboxylic acids is 1. The van der Waals surface area contributed by atoms with Crippen LogP contribution in [-0.2, 0) is 4.79 Å². The predicted octanol–water partition coefficient (Wildman–Crippen LogP) is 3.77. The molecule has 1 unspecified atom stereocenters. The molecule has 0 saturated heterocycles. The first-order valence-electron chi connectivity index (χ1n) is 6.33. The molecule has 0 heterocycles. The van der Waals surface area contributed by atoms with Gasteiger partial charge in [0.15, 0.2) is 5.78 Å². The summed E-state index contributed by atoms with van der Waals surface area (Å²) in [6.07, 6.45) is 8.21. The largest absolute Gasteiger partial charge is 0.295 e. The van der Waals surface area contributed by atoms with Crippen LogP contribution in [0.4, 0.5) is 0 Å². The molecule has 0 fully saturated rings. The van der Waals surface area contributed by atoms with Gasteiger partial charge < -0.3 is 0 Å². The van der Waals surface area contributed by atoms with E-state index >= 15 is 0 Å². The average Bonchev–Trinajstić information content (AvgIpc) is 2.39. The van der Waals surface area contributed by atoms with Gasteiger partial charge in [-0.15, -0.1) is 0 Å². The highest BCUT2D eigenvalue weighted by molar-refractivity contribution is 5.92. The molecule has 0 saturated carbocycles. The molecular formula is C16H16O. The van der Waals surface area contributed by atoms with Gasteiger partial charge in [0, 0.05) is 6.42 Å². The number of benzene rings is 1. The van der Waals surface area contributed by atoms with Crippen molar-refractivity contribution >= 4 is 11.4 Å². The highest BCUT2D eigenvalue weighted by Gasteiger charge is 2.24. The van der Waals surface area contributed by atoms with Gasteiger partial charge in [0.1, 0.15) is 0 Å². The van der Waals surface area contributed by atoms with Crippen LogP contribution >= 0.6 is 0 Å². The van der Waals surface area contributed by atoms with E-state index in [0.717, 1.165) is 19.3 Å². The zero-order chi connectivity index (χ0) is 11.7. The van der Waals surface area contributed by atoms with Crippen LogP contribution in [-0.4, -0.2) is 5.78 Å². The van der Waals surface area contributed by atoms with Crippen molar-refractivity contribution in [3.05, 3.63) is 53.6 Å². The molecule has 0 amide bonds. The van der Waals surface area contributed by atoms with Gasteiger partial charge in [0.25, 0.3) is 0 Å². The maximum atomic E-state index is 11.5. The number of hydrogen-bond acceptors (Lipinski definition) is 1. The molecule has 1 aromatic rings. The van der Waals surface area contributed by atoms with Crippen molar-refractivity contribution in [1.82, 2.24) is 0 Å². The first-order valence-corrected chi connectivity index (χ1v) is 6.33. The smallest absolute Gasteiger partial charge is 0.155 e. The van der Waals surface area contributed by atoms with Crippen LogP contribution in [0.25, 0.3) is 5.57 Å². The Morgan fingerprint density at radius 1 is 0.941 bits per heavy atom. The van der Waals surface area contributed by atoms with E-state index in [1.54, 1.807) is 0 Å². The van der Waals surface area contributed by atoms with Crippen LogP contribution in [0.2, 0.25) is 0 Å². The highest BCUT2D eigenvalue weighted by atomic mass is 16.1. The Kier molecular flexibility index (Phi) is 2.68. The molecule has 86 valence electrons. The van der Waals surface area contributed by atoms with Gasteiger partial charge in [-0.25, -0.2) is 0 Å². The lowest BCUT2D eigenvalue weighted by atomic mass is 9.77. The topological polar surface area (TPSA) is 17.1 Å². The summed E-state index contributed by atoms with van der Waals surface area (Å²) in [5, 5.41) is 0. The molecule has 17 heavy (non-hydrogen) atoms. The number of rotatable bonds is 1. The van der Waals surface area contributed by atoms with Gasteiger partial charge in [-0.05, 0) is 48.0 Å². The summed E-state index contributed by atoms with van der Waals surface area (Å²) in [7, 11) is 0. The Balaban J connectivity index is 1.96. The van der Waals surface area contributed by atoms with Gasteiger partial charge in [0.2, 0.25) is 0 Å². The van der Waals surface area contributed by atoms with E-state index in [2.05, 4.69) is 30.3 Å². The first kappa shape index (κ1) is 10.5. The molecule has 0 bridgehead atoms. The van der Waals surface area contributed by atoms with Crippen molar-refractivity contribution < 1.29 is 4.79 Å². The second kappa shape index (κ2) is 4.33. The second-order valence-corrected chi connectivity index (χ2v) is 4.92. The van der Waals surface area contributed by atoms with Crippen molar-refractivity contribution in [2.45, 2.75) is 25.7 Å². The van der Waals surface area contributed by atoms with Crippen molar-refractivity contribution in [3.63, 3.8) is 0 Å². The van der Waals surface area contributed by atoms with E-state index in [1.165, 1.54) is 23.1 Å².